The molecule has 1 amide bonds. The summed E-state index contributed by atoms with van der Waals surface area (Å²) in [6.07, 6.45) is 5.16. The van der Waals surface area contributed by atoms with Gasteiger partial charge in [0, 0.05) is 38.3 Å². The normalized spacial score (nSPS) is 19.1. The second-order valence-corrected chi connectivity index (χ2v) is 7.96. The molecule has 4 rings (SSSR count). The standard InChI is InChI=1S/C20H29N7O2/c1-14(2)25-20(28)16-12-24-27-4-3-15(9-17(16)27)11-21-18-10-19(23-13-22-18)26-5-7-29-8-6-26/h10,12-15H,3-9,11H2,1-2H3,(H,25,28)(H,21,22,23). The zero-order valence-electron chi connectivity index (χ0n) is 17.1. The Balaban J connectivity index is 1.37. The van der Waals surface area contributed by atoms with E-state index in [-0.39, 0.29) is 11.9 Å². The molecule has 29 heavy (non-hydrogen) atoms. The average molecular weight is 399 g/mol. The van der Waals surface area contributed by atoms with Crippen molar-refractivity contribution in [3.63, 3.8) is 0 Å². The molecule has 2 aliphatic heterocycles. The number of aryl methyl sites for hydroxylation is 1. The molecular formula is C20H29N7O2. The molecule has 0 radical (unpaired) electrons. The molecule has 4 heterocycles. The number of morpholine rings is 1. The smallest absolute Gasteiger partial charge is 0.254 e. The van der Waals surface area contributed by atoms with Gasteiger partial charge in [-0.25, -0.2) is 9.97 Å². The summed E-state index contributed by atoms with van der Waals surface area (Å²) in [5.74, 6) is 2.14. The number of rotatable bonds is 6. The van der Waals surface area contributed by atoms with E-state index in [1.165, 1.54) is 0 Å². The van der Waals surface area contributed by atoms with E-state index in [9.17, 15) is 4.79 Å². The number of nitrogens with zero attached hydrogens (tertiary/aromatic N) is 5. The summed E-state index contributed by atoms with van der Waals surface area (Å²) in [5, 5.41) is 10.8. The highest BCUT2D eigenvalue weighted by atomic mass is 16.5. The highest BCUT2D eigenvalue weighted by molar-refractivity contribution is 5.95. The van der Waals surface area contributed by atoms with Gasteiger partial charge in [0.05, 0.1) is 30.7 Å². The fourth-order valence-corrected chi connectivity index (χ4v) is 3.86. The van der Waals surface area contributed by atoms with E-state index in [2.05, 4.69) is 30.6 Å². The number of carbonyl (C=O) groups is 1. The Bertz CT molecular complexity index is 845. The number of aromatic nitrogens is 4. The van der Waals surface area contributed by atoms with Crippen molar-refractivity contribution < 1.29 is 9.53 Å². The highest BCUT2D eigenvalue weighted by Gasteiger charge is 2.25. The minimum absolute atomic E-state index is 0.0409. The number of nitrogens with one attached hydrogen (secondary N) is 2. The Morgan fingerprint density at radius 1 is 1.28 bits per heavy atom. The zero-order valence-corrected chi connectivity index (χ0v) is 17.1. The third-order valence-electron chi connectivity index (χ3n) is 5.40. The van der Waals surface area contributed by atoms with E-state index in [4.69, 9.17) is 4.74 Å². The second-order valence-electron chi connectivity index (χ2n) is 7.96. The topological polar surface area (TPSA) is 97.2 Å². The summed E-state index contributed by atoms with van der Waals surface area (Å²) in [4.78, 5) is 23.4. The highest BCUT2D eigenvalue weighted by Crippen LogP contribution is 2.24. The molecule has 1 saturated heterocycles. The van der Waals surface area contributed by atoms with E-state index in [1.54, 1.807) is 12.5 Å². The SMILES string of the molecule is CC(C)NC(=O)c1cnn2c1CC(CNc1cc(N3CCOCC3)ncn1)CC2. The molecule has 0 spiro atoms. The predicted octanol–water partition coefficient (Wildman–Crippen LogP) is 1.32. The number of carbonyl (C=O) groups excluding carboxylic acids is 1. The van der Waals surface area contributed by atoms with Crippen molar-refractivity contribution in [3.8, 4) is 0 Å². The monoisotopic (exact) mass is 399 g/mol. The summed E-state index contributed by atoms with van der Waals surface area (Å²) < 4.78 is 7.38. The van der Waals surface area contributed by atoms with E-state index in [1.807, 2.05) is 24.6 Å². The van der Waals surface area contributed by atoms with E-state index in [0.717, 1.165) is 69.6 Å². The van der Waals surface area contributed by atoms with Crippen molar-refractivity contribution in [1.82, 2.24) is 25.1 Å². The molecule has 0 saturated carbocycles. The van der Waals surface area contributed by atoms with Crippen LogP contribution in [-0.4, -0.2) is 64.5 Å². The summed E-state index contributed by atoms with van der Waals surface area (Å²) in [6, 6.07) is 2.11. The zero-order chi connectivity index (χ0) is 20.2. The average Bonchev–Trinajstić information content (AvgIpc) is 3.16. The van der Waals surface area contributed by atoms with Gasteiger partial charge in [0.25, 0.3) is 5.91 Å². The van der Waals surface area contributed by atoms with E-state index in [0.29, 0.717) is 11.5 Å². The molecule has 2 aromatic rings. The summed E-state index contributed by atoms with van der Waals surface area (Å²) in [7, 11) is 0. The van der Waals surface area contributed by atoms with Gasteiger partial charge in [0.1, 0.15) is 18.0 Å². The first-order valence-corrected chi connectivity index (χ1v) is 10.3. The Morgan fingerprint density at radius 3 is 2.90 bits per heavy atom. The molecule has 1 unspecified atom stereocenters. The lowest BCUT2D eigenvalue weighted by Crippen LogP contribution is -2.36. The summed E-state index contributed by atoms with van der Waals surface area (Å²) >= 11 is 0. The minimum Gasteiger partial charge on any atom is -0.378 e. The lowest BCUT2D eigenvalue weighted by atomic mass is 9.94. The van der Waals surface area contributed by atoms with Crippen LogP contribution < -0.4 is 15.5 Å². The second kappa shape index (κ2) is 8.77. The third-order valence-corrected chi connectivity index (χ3v) is 5.40. The molecule has 156 valence electrons. The lowest BCUT2D eigenvalue weighted by Gasteiger charge is -2.28. The van der Waals surface area contributed by atoms with Gasteiger partial charge in [-0.2, -0.15) is 5.10 Å². The van der Waals surface area contributed by atoms with Crippen molar-refractivity contribution in [2.24, 2.45) is 5.92 Å². The molecule has 0 aliphatic carbocycles. The lowest BCUT2D eigenvalue weighted by molar-refractivity contribution is 0.0941. The van der Waals surface area contributed by atoms with Crippen molar-refractivity contribution in [2.45, 2.75) is 39.3 Å². The maximum Gasteiger partial charge on any atom is 0.254 e. The first-order valence-electron chi connectivity index (χ1n) is 10.3. The van der Waals surface area contributed by atoms with Crippen LogP contribution in [0.5, 0.6) is 0 Å². The molecule has 9 heteroatoms. The Hall–Kier alpha value is -2.68. The van der Waals surface area contributed by atoms with Crippen LogP contribution in [-0.2, 0) is 17.7 Å². The van der Waals surface area contributed by atoms with Crippen LogP contribution in [0.2, 0.25) is 0 Å². The molecule has 1 atom stereocenters. The van der Waals surface area contributed by atoms with Gasteiger partial charge < -0.3 is 20.3 Å². The van der Waals surface area contributed by atoms with Gasteiger partial charge in [-0.3, -0.25) is 9.48 Å². The Morgan fingerprint density at radius 2 is 2.10 bits per heavy atom. The van der Waals surface area contributed by atoms with Crippen LogP contribution in [0.3, 0.4) is 0 Å². The molecular weight excluding hydrogens is 370 g/mol. The van der Waals surface area contributed by atoms with Crippen LogP contribution >= 0.6 is 0 Å². The van der Waals surface area contributed by atoms with Gasteiger partial charge >= 0.3 is 0 Å². The van der Waals surface area contributed by atoms with Gasteiger partial charge in [0.15, 0.2) is 0 Å². The predicted molar refractivity (Wildman–Crippen MR) is 110 cm³/mol. The van der Waals surface area contributed by atoms with Crippen molar-refractivity contribution in [2.75, 3.05) is 43.1 Å². The number of hydrogen-bond acceptors (Lipinski definition) is 7. The Kier molecular flexibility index (Phi) is 5.94. The first-order chi connectivity index (χ1) is 14.1. The number of hydrogen-bond donors (Lipinski definition) is 2. The van der Waals surface area contributed by atoms with Crippen molar-refractivity contribution >= 4 is 17.5 Å². The van der Waals surface area contributed by atoms with Gasteiger partial charge in [-0.1, -0.05) is 0 Å². The van der Waals surface area contributed by atoms with Gasteiger partial charge in [-0.05, 0) is 32.6 Å². The molecule has 0 bridgehead atoms. The molecule has 2 N–H and O–H groups in total. The fourth-order valence-electron chi connectivity index (χ4n) is 3.86. The number of anilines is 2. The first kappa shape index (κ1) is 19.6. The third kappa shape index (κ3) is 4.67. The van der Waals surface area contributed by atoms with Crippen LogP contribution in [0.1, 0.15) is 36.3 Å². The molecule has 1 fully saturated rings. The fraction of sp³-hybridized carbons (Fsp3) is 0.600. The van der Waals surface area contributed by atoms with Crippen molar-refractivity contribution in [3.05, 3.63) is 29.8 Å². The quantitative estimate of drug-likeness (QED) is 0.756. The molecule has 0 aromatic carbocycles. The maximum absolute atomic E-state index is 12.5. The van der Waals surface area contributed by atoms with Crippen molar-refractivity contribution in [1.29, 1.82) is 0 Å². The summed E-state index contributed by atoms with van der Waals surface area (Å²) in [6.45, 7) is 8.73. The molecule has 9 nitrogen and oxygen atoms in total. The van der Waals surface area contributed by atoms with E-state index < -0.39 is 0 Å². The molecule has 2 aliphatic rings. The molecule has 2 aromatic heterocycles. The van der Waals surface area contributed by atoms with Crippen LogP contribution in [0.15, 0.2) is 18.6 Å². The van der Waals surface area contributed by atoms with Crippen LogP contribution in [0.25, 0.3) is 0 Å². The van der Waals surface area contributed by atoms with Crippen LogP contribution in [0, 0.1) is 5.92 Å². The number of fused-ring (bicyclic) bond motifs is 1. The van der Waals surface area contributed by atoms with Crippen LogP contribution in [0.4, 0.5) is 11.6 Å². The van der Waals surface area contributed by atoms with E-state index >= 15 is 0 Å². The Labute approximate surface area is 170 Å². The largest absolute Gasteiger partial charge is 0.378 e. The number of ether oxygens (including phenoxy) is 1. The maximum atomic E-state index is 12.5. The number of amides is 1. The minimum atomic E-state index is -0.0409. The summed E-state index contributed by atoms with van der Waals surface area (Å²) in [5.41, 5.74) is 1.72. The van der Waals surface area contributed by atoms with Gasteiger partial charge in [0.2, 0.25) is 0 Å². The van der Waals surface area contributed by atoms with Gasteiger partial charge in [-0.15, -0.1) is 0 Å².